The van der Waals surface area contributed by atoms with Gasteiger partial charge in [0.05, 0.1) is 6.61 Å². The predicted molar refractivity (Wildman–Crippen MR) is 52.2 cm³/mol. The van der Waals surface area contributed by atoms with Crippen molar-refractivity contribution in [2.45, 2.75) is 6.92 Å². The zero-order chi connectivity index (χ0) is 11.5. The molecule has 16 heavy (non-hydrogen) atoms. The van der Waals surface area contributed by atoms with E-state index in [9.17, 15) is 4.79 Å². The molecular formula is C8H9N5O3. The number of nitrogen functional groups attached to an aromatic ring is 1. The second-order valence-electron chi connectivity index (χ2n) is 2.85. The van der Waals surface area contributed by atoms with E-state index in [1.54, 1.807) is 6.92 Å². The number of hydrogen-bond acceptors (Lipinski definition) is 7. The molecule has 0 aliphatic carbocycles. The fourth-order valence-corrected chi connectivity index (χ4v) is 1.06. The molecule has 0 unspecified atom stereocenters. The minimum Gasteiger partial charge on any atom is -0.460 e. The maximum absolute atomic E-state index is 11.2. The maximum atomic E-state index is 11.2. The monoisotopic (exact) mass is 223 g/mol. The quantitative estimate of drug-likeness (QED) is 0.714. The summed E-state index contributed by atoms with van der Waals surface area (Å²) in [7, 11) is 0. The Kier molecular flexibility index (Phi) is 2.54. The Morgan fingerprint density at radius 1 is 1.69 bits per heavy atom. The van der Waals surface area contributed by atoms with Crippen LogP contribution in [-0.2, 0) is 4.74 Å². The van der Waals surface area contributed by atoms with Gasteiger partial charge in [0.15, 0.2) is 0 Å². The van der Waals surface area contributed by atoms with E-state index in [0.29, 0.717) is 11.5 Å². The van der Waals surface area contributed by atoms with E-state index in [2.05, 4.69) is 20.3 Å². The molecular weight excluding hydrogens is 214 g/mol. The van der Waals surface area contributed by atoms with Crippen molar-refractivity contribution < 1.29 is 14.1 Å². The van der Waals surface area contributed by atoms with E-state index in [1.807, 2.05) is 0 Å². The molecule has 0 saturated carbocycles. The molecule has 0 bridgehead atoms. The number of ether oxygens (including phenoxy) is 1. The van der Waals surface area contributed by atoms with Gasteiger partial charge >= 0.3 is 5.97 Å². The van der Waals surface area contributed by atoms with E-state index in [0.717, 1.165) is 0 Å². The van der Waals surface area contributed by atoms with Crippen LogP contribution in [0, 0.1) is 0 Å². The van der Waals surface area contributed by atoms with Crippen molar-refractivity contribution in [2.24, 2.45) is 0 Å². The highest BCUT2D eigenvalue weighted by Crippen LogP contribution is 2.16. The van der Waals surface area contributed by atoms with Crippen molar-refractivity contribution in [2.75, 3.05) is 12.3 Å². The zero-order valence-electron chi connectivity index (χ0n) is 8.43. The number of anilines is 1. The number of rotatable bonds is 3. The fraction of sp³-hybridized carbons (Fsp3) is 0.250. The van der Waals surface area contributed by atoms with Crippen LogP contribution < -0.4 is 5.73 Å². The van der Waals surface area contributed by atoms with E-state index in [-0.39, 0.29) is 18.3 Å². The number of carbonyl (C=O) groups excluding carboxylic acids is 1. The molecule has 0 fully saturated rings. The van der Waals surface area contributed by atoms with Gasteiger partial charge in [-0.05, 0) is 12.1 Å². The number of nitrogens with one attached hydrogen (secondary N) is 1. The summed E-state index contributed by atoms with van der Waals surface area (Å²) in [5.74, 6) is -0.340. The predicted octanol–water partition coefficient (Wildman–Crippen LogP) is 0.219. The molecule has 2 heterocycles. The minimum atomic E-state index is -0.634. The average Bonchev–Trinajstić information content (AvgIpc) is 2.85. The molecule has 2 aromatic heterocycles. The summed E-state index contributed by atoms with van der Waals surface area (Å²) in [6, 6.07) is 1.52. The Morgan fingerprint density at radius 2 is 2.50 bits per heavy atom. The summed E-state index contributed by atoms with van der Waals surface area (Å²) in [5.41, 5.74) is 5.85. The molecule has 0 radical (unpaired) electrons. The van der Waals surface area contributed by atoms with Crippen molar-refractivity contribution >= 4 is 11.8 Å². The van der Waals surface area contributed by atoms with Crippen LogP contribution in [0.25, 0.3) is 11.6 Å². The summed E-state index contributed by atoms with van der Waals surface area (Å²) in [6.45, 7) is 1.94. The first kappa shape index (κ1) is 10.1. The number of nitrogens with zero attached hydrogens (tertiary/aromatic N) is 3. The van der Waals surface area contributed by atoms with Crippen molar-refractivity contribution in [3.63, 3.8) is 0 Å². The lowest BCUT2D eigenvalue weighted by Gasteiger charge is -1.93. The Labute approximate surface area is 89.8 Å². The average molecular weight is 223 g/mol. The molecule has 3 N–H and O–H groups in total. The number of H-pyrrole nitrogens is 1. The van der Waals surface area contributed by atoms with E-state index >= 15 is 0 Å². The van der Waals surface area contributed by atoms with Crippen LogP contribution in [-0.4, -0.2) is 32.9 Å². The molecule has 2 rings (SSSR count). The molecule has 2 aromatic rings. The third-order valence-corrected chi connectivity index (χ3v) is 1.71. The fourth-order valence-electron chi connectivity index (χ4n) is 1.06. The molecule has 0 spiro atoms. The standard InChI is InChI=1S/C8H9N5O3/c1-2-15-8(14)6-10-7(16-13-6)4-3-5(9)12-11-4/h3H,2H2,1H3,(H3,9,11,12). The van der Waals surface area contributed by atoms with E-state index in [4.69, 9.17) is 15.0 Å². The van der Waals surface area contributed by atoms with Crippen LogP contribution in [0.2, 0.25) is 0 Å². The van der Waals surface area contributed by atoms with Crippen LogP contribution in [0.5, 0.6) is 0 Å². The third kappa shape index (κ3) is 1.85. The van der Waals surface area contributed by atoms with Crippen molar-refractivity contribution in [1.82, 2.24) is 20.3 Å². The van der Waals surface area contributed by atoms with Gasteiger partial charge in [-0.2, -0.15) is 10.1 Å². The largest absolute Gasteiger partial charge is 0.460 e. The normalized spacial score (nSPS) is 10.3. The minimum absolute atomic E-state index is 0.132. The molecule has 8 heteroatoms. The molecule has 0 atom stereocenters. The smallest absolute Gasteiger partial charge is 0.379 e. The van der Waals surface area contributed by atoms with Gasteiger partial charge in [0.25, 0.3) is 11.7 Å². The molecule has 0 aromatic carbocycles. The summed E-state index contributed by atoms with van der Waals surface area (Å²) < 4.78 is 9.55. The summed E-state index contributed by atoms with van der Waals surface area (Å²) in [6.07, 6.45) is 0. The highest BCUT2D eigenvalue weighted by atomic mass is 16.5. The maximum Gasteiger partial charge on any atom is 0.379 e. The van der Waals surface area contributed by atoms with Gasteiger partial charge in [-0.15, -0.1) is 0 Å². The van der Waals surface area contributed by atoms with Crippen LogP contribution in [0.15, 0.2) is 10.6 Å². The molecule has 84 valence electrons. The van der Waals surface area contributed by atoms with Crippen molar-refractivity contribution in [3.05, 3.63) is 11.9 Å². The lowest BCUT2D eigenvalue weighted by Crippen LogP contribution is -2.06. The first-order valence-electron chi connectivity index (χ1n) is 4.52. The molecule has 0 aliphatic heterocycles. The van der Waals surface area contributed by atoms with Crippen LogP contribution in [0.4, 0.5) is 5.82 Å². The highest BCUT2D eigenvalue weighted by molar-refractivity contribution is 5.85. The van der Waals surface area contributed by atoms with Gasteiger partial charge in [0.2, 0.25) is 0 Å². The summed E-state index contributed by atoms with van der Waals surface area (Å²) in [4.78, 5) is 15.1. The molecule has 0 amide bonds. The van der Waals surface area contributed by atoms with Crippen LogP contribution >= 0.6 is 0 Å². The van der Waals surface area contributed by atoms with Crippen molar-refractivity contribution in [1.29, 1.82) is 0 Å². The van der Waals surface area contributed by atoms with Gasteiger partial charge < -0.3 is 15.0 Å². The van der Waals surface area contributed by atoms with E-state index < -0.39 is 5.97 Å². The number of aromatic nitrogens is 4. The summed E-state index contributed by atoms with van der Waals surface area (Å²) >= 11 is 0. The van der Waals surface area contributed by atoms with Crippen LogP contribution in [0.3, 0.4) is 0 Å². The lowest BCUT2D eigenvalue weighted by molar-refractivity contribution is 0.0508. The number of aromatic amines is 1. The summed E-state index contributed by atoms with van der Waals surface area (Å²) in [5, 5.41) is 9.75. The Hall–Kier alpha value is -2.38. The van der Waals surface area contributed by atoms with Gasteiger partial charge in [0.1, 0.15) is 11.5 Å². The SMILES string of the molecule is CCOC(=O)c1noc(-c2cc(N)n[nH]2)n1. The number of esters is 1. The first-order chi connectivity index (χ1) is 7.70. The molecule has 8 nitrogen and oxygen atoms in total. The Bertz CT molecular complexity index is 503. The second-order valence-corrected chi connectivity index (χ2v) is 2.85. The van der Waals surface area contributed by atoms with Gasteiger partial charge in [-0.1, -0.05) is 0 Å². The topological polar surface area (TPSA) is 120 Å². The zero-order valence-corrected chi connectivity index (χ0v) is 8.43. The highest BCUT2D eigenvalue weighted by Gasteiger charge is 2.17. The first-order valence-corrected chi connectivity index (χ1v) is 4.52. The molecule has 0 saturated heterocycles. The Balaban J connectivity index is 2.22. The number of nitrogens with two attached hydrogens (primary N) is 1. The number of hydrogen-bond donors (Lipinski definition) is 2. The second kappa shape index (κ2) is 4.01. The third-order valence-electron chi connectivity index (χ3n) is 1.71. The number of carbonyl (C=O) groups is 1. The Morgan fingerprint density at radius 3 is 3.12 bits per heavy atom. The van der Waals surface area contributed by atoms with Gasteiger partial charge in [-0.25, -0.2) is 4.79 Å². The van der Waals surface area contributed by atoms with Crippen LogP contribution in [0.1, 0.15) is 17.5 Å². The van der Waals surface area contributed by atoms with Gasteiger partial charge in [-0.3, -0.25) is 5.10 Å². The molecule has 0 aliphatic rings. The van der Waals surface area contributed by atoms with E-state index in [1.165, 1.54) is 6.07 Å². The lowest BCUT2D eigenvalue weighted by atomic mass is 10.4. The van der Waals surface area contributed by atoms with Crippen molar-refractivity contribution in [3.8, 4) is 11.6 Å². The van der Waals surface area contributed by atoms with Gasteiger partial charge in [0, 0.05) is 6.07 Å².